The first-order valence-electron chi connectivity index (χ1n) is 7.27. The molecule has 0 aromatic carbocycles. The van der Waals surface area contributed by atoms with E-state index in [2.05, 4.69) is 14.8 Å². The minimum absolute atomic E-state index is 0.154. The van der Waals surface area contributed by atoms with Gasteiger partial charge in [0.2, 0.25) is 0 Å². The average molecular weight is 298 g/mol. The Balaban J connectivity index is 1.55. The molecule has 1 saturated heterocycles. The molecule has 7 heteroatoms. The van der Waals surface area contributed by atoms with Gasteiger partial charge in [-0.1, -0.05) is 11.8 Å². The van der Waals surface area contributed by atoms with Gasteiger partial charge in [0, 0.05) is 31.7 Å². The fourth-order valence-electron chi connectivity index (χ4n) is 2.90. The molecule has 1 aromatic heterocycles. The molecule has 0 radical (unpaired) electrons. The van der Waals surface area contributed by atoms with Gasteiger partial charge in [0.25, 0.3) is 0 Å². The van der Waals surface area contributed by atoms with Crippen LogP contribution in [0.1, 0.15) is 31.5 Å². The summed E-state index contributed by atoms with van der Waals surface area (Å²) in [5.74, 6) is 1.49. The van der Waals surface area contributed by atoms with Gasteiger partial charge in [0.05, 0.1) is 12.7 Å². The Labute approximate surface area is 123 Å². The first-order chi connectivity index (χ1) is 9.72. The number of thioether (sulfide) groups is 1. The van der Waals surface area contributed by atoms with Crippen molar-refractivity contribution in [1.82, 2.24) is 14.8 Å². The van der Waals surface area contributed by atoms with E-state index in [1.807, 2.05) is 6.92 Å². The van der Waals surface area contributed by atoms with Crippen molar-refractivity contribution >= 4 is 11.8 Å². The van der Waals surface area contributed by atoms with Crippen LogP contribution in [0.2, 0.25) is 0 Å². The molecule has 1 unspecified atom stereocenters. The first kappa shape index (κ1) is 14.3. The molecule has 0 amide bonds. The second-order valence-corrected chi connectivity index (χ2v) is 6.44. The van der Waals surface area contributed by atoms with Crippen LogP contribution in [0.5, 0.6) is 0 Å². The van der Waals surface area contributed by atoms with E-state index in [-0.39, 0.29) is 11.9 Å². The van der Waals surface area contributed by atoms with Crippen molar-refractivity contribution in [2.45, 2.75) is 56.2 Å². The Kier molecular flexibility index (Phi) is 4.30. The summed E-state index contributed by atoms with van der Waals surface area (Å²) >= 11 is 1.68. The van der Waals surface area contributed by atoms with Crippen LogP contribution < -0.4 is 5.73 Å². The predicted octanol–water partition coefficient (Wildman–Crippen LogP) is 1.32. The highest BCUT2D eigenvalue weighted by atomic mass is 32.2. The molecule has 1 spiro atoms. The summed E-state index contributed by atoms with van der Waals surface area (Å²) in [6.07, 6.45) is 4.66. The molecule has 1 aliphatic heterocycles. The van der Waals surface area contributed by atoms with Crippen molar-refractivity contribution in [3.63, 3.8) is 0 Å². The maximum absolute atomic E-state index is 6.11. The van der Waals surface area contributed by atoms with Gasteiger partial charge in [-0.05, 0) is 19.8 Å². The number of hydrogen-bond acceptors (Lipinski definition) is 6. The Morgan fingerprint density at radius 3 is 2.95 bits per heavy atom. The fourth-order valence-corrected chi connectivity index (χ4v) is 3.87. The summed E-state index contributed by atoms with van der Waals surface area (Å²) in [7, 11) is 0. The summed E-state index contributed by atoms with van der Waals surface area (Å²) in [5.41, 5.74) is 5.62. The van der Waals surface area contributed by atoms with Gasteiger partial charge in [0.15, 0.2) is 10.9 Å². The average Bonchev–Trinajstić information content (AvgIpc) is 3.14. The van der Waals surface area contributed by atoms with E-state index in [9.17, 15) is 0 Å². The largest absolute Gasteiger partial charge is 0.347 e. The molecular weight excluding hydrogens is 276 g/mol. The number of aromatic nitrogens is 3. The molecule has 2 N–H and O–H groups in total. The number of hydrogen-bond donors (Lipinski definition) is 1. The van der Waals surface area contributed by atoms with Crippen LogP contribution in [0.4, 0.5) is 0 Å². The second kappa shape index (κ2) is 6.01. The zero-order valence-electron chi connectivity index (χ0n) is 11.9. The minimum Gasteiger partial charge on any atom is -0.347 e. The molecule has 112 valence electrons. The predicted molar refractivity (Wildman–Crippen MR) is 76.6 cm³/mol. The molecule has 1 atom stereocenters. The van der Waals surface area contributed by atoms with Crippen LogP contribution in [0, 0.1) is 6.92 Å². The maximum atomic E-state index is 6.11. The third-order valence-corrected chi connectivity index (χ3v) is 5.03. The number of rotatable bonds is 5. The minimum atomic E-state index is -0.272. The monoisotopic (exact) mass is 298 g/mol. The highest BCUT2D eigenvalue weighted by Crippen LogP contribution is 2.40. The van der Waals surface area contributed by atoms with E-state index < -0.39 is 0 Å². The number of aryl methyl sites for hydroxylation is 1. The van der Waals surface area contributed by atoms with Crippen molar-refractivity contribution < 1.29 is 9.47 Å². The Morgan fingerprint density at radius 1 is 1.40 bits per heavy atom. The van der Waals surface area contributed by atoms with Crippen molar-refractivity contribution in [2.24, 2.45) is 5.73 Å². The Morgan fingerprint density at radius 2 is 2.20 bits per heavy atom. The quantitative estimate of drug-likeness (QED) is 0.826. The van der Waals surface area contributed by atoms with E-state index in [0.717, 1.165) is 36.1 Å². The van der Waals surface area contributed by atoms with Gasteiger partial charge >= 0.3 is 0 Å². The number of ether oxygens (including phenoxy) is 2. The topological polar surface area (TPSA) is 75.2 Å². The van der Waals surface area contributed by atoms with E-state index in [1.54, 1.807) is 11.8 Å². The molecule has 3 rings (SSSR count). The van der Waals surface area contributed by atoms with Crippen molar-refractivity contribution in [3.05, 3.63) is 5.82 Å². The lowest BCUT2D eigenvalue weighted by atomic mass is 10.2. The highest BCUT2D eigenvalue weighted by Gasteiger charge is 2.43. The van der Waals surface area contributed by atoms with Crippen LogP contribution in [0.15, 0.2) is 5.16 Å². The Bertz CT molecular complexity index is 459. The molecular formula is C13H22N4O2S. The third kappa shape index (κ3) is 2.86. The zero-order chi connectivity index (χ0) is 14.0. The van der Waals surface area contributed by atoms with Gasteiger partial charge in [-0.2, -0.15) is 0 Å². The van der Waals surface area contributed by atoms with Crippen LogP contribution >= 0.6 is 11.8 Å². The lowest BCUT2D eigenvalue weighted by Gasteiger charge is -2.21. The lowest BCUT2D eigenvalue weighted by Crippen LogP contribution is -2.27. The lowest BCUT2D eigenvalue weighted by molar-refractivity contribution is -0.159. The van der Waals surface area contributed by atoms with Crippen molar-refractivity contribution in [3.8, 4) is 0 Å². The van der Waals surface area contributed by atoms with Gasteiger partial charge in [0.1, 0.15) is 5.82 Å². The zero-order valence-corrected chi connectivity index (χ0v) is 12.7. The molecule has 2 aliphatic rings. The standard InChI is InChI=1S/C13H22N4O2S/c1-10-15-16-12(17(10)7-6-14)20-9-11-8-18-13(19-11)4-2-3-5-13/h11H,2-9,14H2,1H3. The molecule has 1 aromatic rings. The molecule has 2 fully saturated rings. The normalized spacial score (nSPS) is 24.8. The van der Waals surface area contributed by atoms with Crippen LogP contribution in [-0.2, 0) is 16.0 Å². The summed E-state index contributed by atoms with van der Waals surface area (Å²) < 4.78 is 14.1. The van der Waals surface area contributed by atoms with Crippen molar-refractivity contribution in [1.29, 1.82) is 0 Å². The molecule has 1 aliphatic carbocycles. The van der Waals surface area contributed by atoms with Crippen LogP contribution in [0.3, 0.4) is 0 Å². The summed E-state index contributed by atoms with van der Waals surface area (Å²) in [4.78, 5) is 0. The first-order valence-corrected chi connectivity index (χ1v) is 8.25. The molecule has 2 heterocycles. The SMILES string of the molecule is Cc1nnc(SCC2COC3(CCCC3)O2)n1CCN. The number of nitrogens with two attached hydrogens (primary N) is 1. The van der Waals surface area contributed by atoms with Crippen LogP contribution in [-0.4, -0.2) is 45.6 Å². The molecule has 1 saturated carbocycles. The highest BCUT2D eigenvalue weighted by molar-refractivity contribution is 7.99. The molecule has 20 heavy (non-hydrogen) atoms. The van der Waals surface area contributed by atoms with Gasteiger partial charge < -0.3 is 19.8 Å². The third-order valence-electron chi connectivity index (χ3n) is 3.93. The van der Waals surface area contributed by atoms with E-state index in [4.69, 9.17) is 15.2 Å². The smallest absolute Gasteiger partial charge is 0.191 e. The molecule has 0 bridgehead atoms. The van der Waals surface area contributed by atoms with Gasteiger partial charge in [-0.3, -0.25) is 0 Å². The van der Waals surface area contributed by atoms with E-state index in [1.165, 1.54) is 12.8 Å². The van der Waals surface area contributed by atoms with E-state index >= 15 is 0 Å². The fraction of sp³-hybridized carbons (Fsp3) is 0.846. The van der Waals surface area contributed by atoms with Gasteiger partial charge in [-0.15, -0.1) is 10.2 Å². The summed E-state index contributed by atoms with van der Waals surface area (Å²) in [6.45, 7) is 4.00. The van der Waals surface area contributed by atoms with Crippen molar-refractivity contribution in [2.75, 3.05) is 18.9 Å². The second-order valence-electron chi connectivity index (χ2n) is 5.45. The van der Waals surface area contributed by atoms with E-state index in [0.29, 0.717) is 13.2 Å². The number of nitrogens with zero attached hydrogens (tertiary/aromatic N) is 3. The maximum Gasteiger partial charge on any atom is 0.191 e. The summed E-state index contributed by atoms with van der Waals surface area (Å²) in [6, 6.07) is 0. The molecule has 6 nitrogen and oxygen atoms in total. The van der Waals surface area contributed by atoms with Gasteiger partial charge in [-0.25, -0.2) is 0 Å². The van der Waals surface area contributed by atoms with Crippen LogP contribution in [0.25, 0.3) is 0 Å². The Hall–Kier alpha value is -0.630. The summed E-state index contributed by atoms with van der Waals surface area (Å²) in [5, 5.41) is 9.24.